The minimum absolute atomic E-state index is 0.121. The van der Waals surface area contributed by atoms with Crippen LogP contribution in [0.15, 0.2) is 53.2 Å². The van der Waals surface area contributed by atoms with E-state index in [1.165, 1.54) is 0 Å². The van der Waals surface area contributed by atoms with Crippen molar-refractivity contribution in [1.29, 1.82) is 0 Å². The number of benzene rings is 2. The summed E-state index contributed by atoms with van der Waals surface area (Å²) in [6, 6.07) is 11.5. The molecule has 138 valence electrons. The van der Waals surface area contributed by atoms with Gasteiger partial charge in [0.05, 0.1) is 16.5 Å². The lowest BCUT2D eigenvalue weighted by Crippen LogP contribution is -2.14. The average molecular weight is 404 g/mol. The number of aliphatic imine (C=N–C) groups is 1. The van der Waals surface area contributed by atoms with E-state index in [-0.39, 0.29) is 23.5 Å². The molecular formula is C20H15Cl2NO4. The minimum Gasteiger partial charge on any atom is -0.426 e. The summed E-state index contributed by atoms with van der Waals surface area (Å²) in [5.74, 6) is -0.550. The number of hydrogen-bond donors (Lipinski definition) is 0. The highest BCUT2D eigenvalue weighted by Crippen LogP contribution is 2.26. The molecule has 7 heteroatoms. The van der Waals surface area contributed by atoms with Gasteiger partial charge in [0.15, 0.2) is 5.70 Å². The van der Waals surface area contributed by atoms with Gasteiger partial charge in [-0.1, -0.05) is 49.2 Å². The van der Waals surface area contributed by atoms with Crippen molar-refractivity contribution in [3.8, 4) is 5.75 Å². The predicted octanol–water partition coefficient (Wildman–Crippen LogP) is 4.90. The fourth-order valence-electron chi connectivity index (χ4n) is 2.21. The van der Waals surface area contributed by atoms with Crippen molar-refractivity contribution in [2.45, 2.75) is 13.8 Å². The van der Waals surface area contributed by atoms with E-state index in [4.69, 9.17) is 32.7 Å². The molecule has 27 heavy (non-hydrogen) atoms. The van der Waals surface area contributed by atoms with Crippen LogP contribution in [0.5, 0.6) is 5.75 Å². The molecule has 0 aliphatic carbocycles. The van der Waals surface area contributed by atoms with Crippen LogP contribution in [0.2, 0.25) is 10.0 Å². The molecule has 5 nitrogen and oxygen atoms in total. The van der Waals surface area contributed by atoms with E-state index in [1.807, 2.05) is 0 Å². The van der Waals surface area contributed by atoms with E-state index in [1.54, 1.807) is 62.4 Å². The first kappa shape index (κ1) is 19.1. The SMILES string of the molecule is CC(C)C(=O)Oc1ccc(/C=C2\N=C(c3ccc(Cl)cc3Cl)OC2=O)cc1. The number of cyclic esters (lactones) is 1. The first-order valence-electron chi connectivity index (χ1n) is 8.13. The van der Waals surface area contributed by atoms with Crippen LogP contribution >= 0.6 is 23.2 Å². The third-order valence-corrected chi connectivity index (χ3v) is 4.20. The first-order valence-corrected chi connectivity index (χ1v) is 8.89. The number of hydrogen-bond acceptors (Lipinski definition) is 5. The summed E-state index contributed by atoms with van der Waals surface area (Å²) in [6.07, 6.45) is 1.58. The zero-order chi connectivity index (χ0) is 19.6. The number of rotatable bonds is 4. The Kier molecular flexibility index (Phi) is 5.63. The number of ether oxygens (including phenoxy) is 2. The van der Waals surface area contributed by atoms with Gasteiger partial charge in [0.2, 0.25) is 5.90 Å². The van der Waals surface area contributed by atoms with Crippen LogP contribution in [0.1, 0.15) is 25.0 Å². The monoisotopic (exact) mass is 403 g/mol. The summed E-state index contributed by atoms with van der Waals surface area (Å²) in [5, 5.41) is 0.814. The molecule has 0 radical (unpaired) electrons. The van der Waals surface area contributed by atoms with Crippen LogP contribution in [0, 0.1) is 5.92 Å². The fourth-order valence-corrected chi connectivity index (χ4v) is 2.70. The second-order valence-electron chi connectivity index (χ2n) is 6.11. The van der Waals surface area contributed by atoms with E-state index in [9.17, 15) is 9.59 Å². The third kappa shape index (κ3) is 4.56. The van der Waals surface area contributed by atoms with Crippen LogP contribution in [0.3, 0.4) is 0 Å². The Morgan fingerprint density at radius 3 is 2.48 bits per heavy atom. The molecule has 3 rings (SSSR count). The minimum atomic E-state index is -0.577. The predicted molar refractivity (Wildman–Crippen MR) is 104 cm³/mol. The molecule has 0 unspecified atom stereocenters. The summed E-state index contributed by atoms with van der Waals surface area (Å²) in [4.78, 5) is 27.9. The highest BCUT2D eigenvalue weighted by Gasteiger charge is 2.25. The molecule has 0 saturated carbocycles. The second kappa shape index (κ2) is 7.94. The molecule has 2 aromatic rings. The van der Waals surface area contributed by atoms with E-state index in [2.05, 4.69) is 4.99 Å². The quantitative estimate of drug-likeness (QED) is 0.413. The van der Waals surface area contributed by atoms with Gasteiger partial charge in [-0.15, -0.1) is 0 Å². The smallest absolute Gasteiger partial charge is 0.363 e. The van der Waals surface area contributed by atoms with Crippen molar-refractivity contribution in [1.82, 2.24) is 0 Å². The van der Waals surface area contributed by atoms with Gasteiger partial charge in [0.25, 0.3) is 0 Å². The summed E-state index contributed by atoms with van der Waals surface area (Å²) in [5.41, 5.74) is 1.33. The van der Waals surface area contributed by atoms with Gasteiger partial charge in [-0.3, -0.25) is 4.79 Å². The molecule has 1 aliphatic rings. The number of esters is 2. The molecule has 2 aromatic carbocycles. The van der Waals surface area contributed by atoms with Crippen LogP contribution < -0.4 is 4.74 Å². The van der Waals surface area contributed by atoms with Crippen molar-refractivity contribution in [3.05, 3.63) is 69.3 Å². The van der Waals surface area contributed by atoms with Gasteiger partial charge in [0.1, 0.15) is 5.75 Å². The van der Waals surface area contributed by atoms with Crippen LogP contribution in [0.25, 0.3) is 6.08 Å². The van der Waals surface area contributed by atoms with Gasteiger partial charge >= 0.3 is 11.9 Å². The summed E-state index contributed by atoms with van der Waals surface area (Å²) >= 11 is 12.0. The Hall–Kier alpha value is -2.63. The Morgan fingerprint density at radius 1 is 1.15 bits per heavy atom. The van der Waals surface area contributed by atoms with Crippen molar-refractivity contribution in [3.63, 3.8) is 0 Å². The summed E-state index contributed by atoms with van der Waals surface area (Å²) in [6.45, 7) is 3.52. The Labute approximate surface area is 166 Å². The van der Waals surface area contributed by atoms with Crippen molar-refractivity contribution < 1.29 is 19.1 Å². The molecule has 0 saturated heterocycles. The highest BCUT2D eigenvalue weighted by atomic mass is 35.5. The van der Waals surface area contributed by atoms with Gasteiger partial charge in [-0.25, -0.2) is 9.79 Å². The molecule has 0 fully saturated rings. The van der Waals surface area contributed by atoms with Gasteiger partial charge < -0.3 is 9.47 Å². The molecule has 0 amide bonds. The van der Waals surface area contributed by atoms with Gasteiger partial charge in [-0.05, 0) is 42.0 Å². The Morgan fingerprint density at radius 2 is 1.85 bits per heavy atom. The third-order valence-electron chi connectivity index (χ3n) is 3.66. The maximum atomic E-state index is 12.1. The van der Waals surface area contributed by atoms with Crippen LogP contribution in [0.4, 0.5) is 0 Å². The molecule has 0 bridgehead atoms. The van der Waals surface area contributed by atoms with Gasteiger partial charge in [-0.2, -0.15) is 0 Å². The van der Waals surface area contributed by atoms with E-state index >= 15 is 0 Å². The fraction of sp³-hybridized carbons (Fsp3) is 0.150. The second-order valence-corrected chi connectivity index (χ2v) is 6.95. The normalized spacial score (nSPS) is 15.1. The lowest BCUT2D eigenvalue weighted by molar-refractivity contribution is -0.137. The maximum absolute atomic E-state index is 12.1. The zero-order valence-electron chi connectivity index (χ0n) is 14.5. The molecule has 0 atom stereocenters. The topological polar surface area (TPSA) is 65.0 Å². The van der Waals surface area contributed by atoms with Crippen molar-refractivity contribution in [2.75, 3.05) is 0 Å². The highest BCUT2D eigenvalue weighted by molar-refractivity contribution is 6.37. The van der Waals surface area contributed by atoms with Gasteiger partial charge in [0, 0.05) is 5.02 Å². The van der Waals surface area contributed by atoms with Crippen molar-refractivity contribution in [2.24, 2.45) is 10.9 Å². The zero-order valence-corrected chi connectivity index (χ0v) is 16.0. The average Bonchev–Trinajstić information content (AvgIpc) is 2.96. The molecule has 0 aromatic heterocycles. The van der Waals surface area contributed by atoms with Crippen molar-refractivity contribution >= 4 is 47.1 Å². The number of halogens is 2. The van der Waals surface area contributed by atoms with E-state index in [0.29, 0.717) is 26.9 Å². The summed E-state index contributed by atoms with van der Waals surface area (Å²) in [7, 11) is 0. The lowest BCUT2D eigenvalue weighted by atomic mass is 10.2. The standard InChI is InChI=1S/C20H15Cl2NO4/c1-11(2)19(24)26-14-6-3-12(4-7-14)9-17-20(25)27-18(23-17)15-8-5-13(21)10-16(15)22/h3-11H,1-2H3/b17-9-. The van der Waals surface area contributed by atoms with Crippen LogP contribution in [-0.2, 0) is 14.3 Å². The largest absolute Gasteiger partial charge is 0.426 e. The summed E-state index contributed by atoms with van der Waals surface area (Å²) < 4.78 is 10.4. The Balaban J connectivity index is 1.81. The Bertz CT molecular complexity index is 962. The number of nitrogens with zero attached hydrogens (tertiary/aromatic N) is 1. The maximum Gasteiger partial charge on any atom is 0.363 e. The molecular weight excluding hydrogens is 389 g/mol. The van der Waals surface area contributed by atoms with Crippen LogP contribution in [-0.4, -0.2) is 17.8 Å². The lowest BCUT2D eigenvalue weighted by Gasteiger charge is -2.06. The van der Waals surface area contributed by atoms with E-state index in [0.717, 1.165) is 0 Å². The number of carbonyl (C=O) groups excluding carboxylic acids is 2. The number of carbonyl (C=O) groups is 2. The first-order chi connectivity index (χ1) is 12.8. The molecule has 0 spiro atoms. The van der Waals surface area contributed by atoms with E-state index < -0.39 is 5.97 Å². The molecule has 0 N–H and O–H groups in total. The molecule has 1 heterocycles. The molecule has 1 aliphatic heterocycles.